The van der Waals surface area contributed by atoms with Crippen molar-refractivity contribution in [2.24, 2.45) is 0 Å². The molecule has 1 aliphatic heterocycles. The van der Waals surface area contributed by atoms with Crippen molar-refractivity contribution in [3.8, 4) is 6.07 Å². The number of benzene rings is 1. The van der Waals surface area contributed by atoms with Crippen LogP contribution in [0.2, 0.25) is 0 Å². The third-order valence-electron chi connectivity index (χ3n) is 3.48. The number of piperazine rings is 1. The molecule has 0 aliphatic carbocycles. The fourth-order valence-electron chi connectivity index (χ4n) is 2.23. The first-order valence-electron chi connectivity index (χ1n) is 6.89. The first-order chi connectivity index (χ1) is 10.4. The van der Waals surface area contributed by atoms with E-state index < -0.39 is 15.9 Å². The maximum atomic E-state index is 12.7. The van der Waals surface area contributed by atoms with Gasteiger partial charge in [-0.3, -0.25) is 4.79 Å². The Morgan fingerprint density at radius 1 is 1.27 bits per heavy atom. The predicted molar refractivity (Wildman–Crippen MR) is 81.6 cm³/mol. The molecule has 2 rings (SSSR count). The summed E-state index contributed by atoms with van der Waals surface area (Å²) >= 11 is 0. The van der Waals surface area contributed by atoms with Gasteiger partial charge in [0, 0.05) is 26.2 Å². The molecule has 1 aliphatic rings. The van der Waals surface area contributed by atoms with Crippen molar-refractivity contribution >= 4 is 21.6 Å². The molecule has 1 N–H and O–H groups in total. The van der Waals surface area contributed by atoms with Crippen LogP contribution in [0, 0.1) is 11.3 Å². The fourth-order valence-corrected chi connectivity index (χ4v) is 3.80. The molecule has 1 heterocycles. The van der Waals surface area contributed by atoms with Gasteiger partial charge in [0.25, 0.3) is 0 Å². The van der Waals surface area contributed by atoms with Gasteiger partial charge in [0.05, 0.1) is 11.8 Å². The van der Waals surface area contributed by atoms with Gasteiger partial charge in [-0.25, -0.2) is 8.42 Å². The quantitative estimate of drug-likeness (QED) is 0.870. The van der Waals surface area contributed by atoms with E-state index in [2.05, 4.69) is 10.2 Å². The minimum Gasteiger partial charge on any atom is -0.324 e. The molecule has 1 aromatic rings. The summed E-state index contributed by atoms with van der Waals surface area (Å²) in [5.41, 5.74) is 0.210. The fraction of sp³-hybridized carbons (Fsp3) is 0.429. The van der Waals surface area contributed by atoms with Crippen LogP contribution in [0.3, 0.4) is 0 Å². The first-order valence-corrected chi connectivity index (χ1v) is 8.33. The third kappa shape index (κ3) is 3.62. The topological polar surface area (TPSA) is 93.5 Å². The van der Waals surface area contributed by atoms with Crippen LogP contribution >= 0.6 is 0 Å². The van der Waals surface area contributed by atoms with E-state index in [-0.39, 0.29) is 17.0 Å². The third-order valence-corrected chi connectivity index (χ3v) is 5.44. The van der Waals surface area contributed by atoms with Gasteiger partial charge in [-0.1, -0.05) is 12.1 Å². The van der Waals surface area contributed by atoms with Crippen LogP contribution in [0.25, 0.3) is 0 Å². The second kappa shape index (κ2) is 6.87. The molecular weight excluding hydrogens is 304 g/mol. The highest BCUT2D eigenvalue weighted by Gasteiger charge is 2.29. The molecule has 0 saturated carbocycles. The zero-order chi connectivity index (χ0) is 16.2. The summed E-state index contributed by atoms with van der Waals surface area (Å²) in [7, 11) is -1.72. The maximum absolute atomic E-state index is 12.7. The number of nitrogens with zero attached hydrogens (tertiary/aromatic N) is 3. The van der Waals surface area contributed by atoms with Crippen molar-refractivity contribution < 1.29 is 13.2 Å². The van der Waals surface area contributed by atoms with Crippen LogP contribution in [0.15, 0.2) is 29.2 Å². The molecule has 0 spiro atoms. The number of anilines is 1. The number of hydrogen-bond acceptors (Lipinski definition) is 5. The molecule has 1 amide bonds. The lowest BCUT2D eigenvalue weighted by Gasteiger charge is -2.32. The second-order valence-corrected chi connectivity index (χ2v) is 6.99. The van der Waals surface area contributed by atoms with E-state index in [1.54, 1.807) is 18.2 Å². The number of amides is 1. The molecule has 1 fully saturated rings. The highest BCUT2D eigenvalue weighted by molar-refractivity contribution is 7.89. The average Bonchev–Trinajstić information content (AvgIpc) is 2.48. The Balaban J connectivity index is 2.27. The zero-order valence-electron chi connectivity index (χ0n) is 12.3. The number of hydrogen-bond donors (Lipinski definition) is 1. The Hall–Kier alpha value is -1.95. The van der Waals surface area contributed by atoms with E-state index in [1.807, 2.05) is 7.05 Å². The maximum Gasteiger partial charge on any atom is 0.245 e. The lowest BCUT2D eigenvalue weighted by molar-refractivity contribution is -0.115. The summed E-state index contributed by atoms with van der Waals surface area (Å²) in [5, 5.41) is 11.0. The summed E-state index contributed by atoms with van der Waals surface area (Å²) in [6.07, 6.45) is -0.317. The molecule has 0 unspecified atom stereocenters. The molecule has 7 nitrogen and oxygen atoms in total. The Kier molecular flexibility index (Phi) is 5.13. The van der Waals surface area contributed by atoms with Crippen molar-refractivity contribution in [1.29, 1.82) is 5.26 Å². The van der Waals surface area contributed by atoms with Crippen LogP contribution in [0.1, 0.15) is 6.42 Å². The van der Waals surface area contributed by atoms with Crippen molar-refractivity contribution in [2.75, 3.05) is 38.5 Å². The predicted octanol–water partition coefficient (Wildman–Crippen LogP) is 0.475. The van der Waals surface area contributed by atoms with Gasteiger partial charge in [0.15, 0.2) is 0 Å². The molecule has 0 bridgehead atoms. The number of carbonyl (C=O) groups is 1. The number of rotatable bonds is 4. The smallest absolute Gasteiger partial charge is 0.245 e. The first kappa shape index (κ1) is 16.4. The second-order valence-electron chi connectivity index (χ2n) is 5.09. The van der Waals surface area contributed by atoms with Crippen LogP contribution in [-0.4, -0.2) is 56.8 Å². The van der Waals surface area contributed by atoms with Gasteiger partial charge in [0.2, 0.25) is 15.9 Å². The minimum absolute atomic E-state index is 0.0610. The molecule has 118 valence electrons. The number of nitriles is 1. The SMILES string of the molecule is CN1CCN(S(=O)(=O)c2ccccc2NC(=O)CC#N)CC1. The lowest BCUT2D eigenvalue weighted by Crippen LogP contribution is -2.47. The molecular formula is C14H18N4O3S. The van der Waals surface area contributed by atoms with Gasteiger partial charge in [-0.15, -0.1) is 0 Å². The molecule has 1 saturated heterocycles. The Morgan fingerprint density at radius 2 is 1.91 bits per heavy atom. The van der Waals surface area contributed by atoms with Gasteiger partial charge in [-0.05, 0) is 19.2 Å². The number of sulfonamides is 1. The largest absolute Gasteiger partial charge is 0.324 e. The van der Waals surface area contributed by atoms with Crippen LogP contribution < -0.4 is 5.32 Å². The van der Waals surface area contributed by atoms with Crippen molar-refractivity contribution in [3.05, 3.63) is 24.3 Å². The van der Waals surface area contributed by atoms with Gasteiger partial charge >= 0.3 is 0 Å². The van der Waals surface area contributed by atoms with Crippen LogP contribution in [0.5, 0.6) is 0 Å². The van der Waals surface area contributed by atoms with E-state index in [0.29, 0.717) is 26.2 Å². The molecule has 1 aromatic carbocycles. The van der Waals surface area contributed by atoms with Crippen LogP contribution in [0.4, 0.5) is 5.69 Å². The summed E-state index contributed by atoms with van der Waals surface area (Å²) in [5.74, 6) is -0.525. The summed E-state index contributed by atoms with van der Waals surface area (Å²) in [6.45, 7) is 2.17. The Bertz CT molecular complexity index is 688. The van der Waals surface area contributed by atoms with Crippen molar-refractivity contribution in [1.82, 2.24) is 9.21 Å². The Morgan fingerprint density at radius 3 is 2.55 bits per heavy atom. The van der Waals surface area contributed by atoms with E-state index in [0.717, 1.165) is 0 Å². The summed E-state index contributed by atoms with van der Waals surface area (Å²) in [4.78, 5) is 13.7. The van der Waals surface area contributed by atoms with Gasteiger partial charge < -0.3 is 10.2 Å². The van der Waals surface area contributed by atoms with Gasteiger partial charge in [-0.2, -0.15) is 9.57 Å². The molecule has 0 radical (unpaired) electrons. The van der Waals surface area contributed by atoms with E-state index in [1.165, 1.54) is 16.4 Å². The van der Waals surface area contributed by atoms with Crippen molar-refractivity contribution in [2.45, 2.75) is 11.3 Å². The molecule has 0 atom stereocenters. The van der Waals surface area contributed by atoms with Crippen LogP contribution in [-0.2, 0) is 14.8 Å². The van der Waals surface area contributed by atoms with E-state index >= 15 is 0 Å². The number of nitrogens with one attached hydrogen (secondary N) is 1. The Labute approximate surface area is 130 Å². The highest BCUT2D eigenvalue weighted by Crippen LogP contribution is 2.25. The molecule has 0 aromatic heterocycles. The zero-order valence-corrected chi connectivity index (χ0v) is 13.1. The van der Waals surface area contributed by atoms with Gasteiger partial charge in [0.1, 0.15) is 11.3 Å². The number of likely N-dealkylation sites (N-methyl/N-ethyl adjacent to an activating group) is 1. The normalized spacial score (nSPS) is 16.9. The highest BCUT2D eigenvalue weighted by atomic mass is 32.2. The monoisotopic (exact) mass is 322 g/mol. The average molecular weight is 322 g/mol. The molecule has 22 heavy (non-hydrogen) atoms. The number of para-hydroxylation sites is 1. The summed E-state index contributed by atoms with van der Waals surface area (Å²) < 4.78 is 26.9. The van der Waals surface area contributed by atoms with Crippen molar-refractivity contribution in [3.63, 3.8) is 0 Å². The minimum atomic E-state index is -3.67. The molecule has 8 heteroatoms. The lowest BCUT2D eigenvalue weighted by atomic mass is 10.3. The summed E-state index contributed by atoms with van der Waals surface area (Å²) in [6, 6.07) is 7.99. The number of carbonyl (C=O) groups excluding carboxylic acids is 1. The van der Waals surface area contributed by atoms with E-state index in [9.17, 15) is 13.2 Å². The van der Waals surface area contributed by atoms with E-state index in [4.69, 9.17) is 5.26 Å². The standard InChI is InChI=1S/C14H18N4O3S/c1-17-8-10-18(11-9-17)22(20,21)13-5-3-2-4-12(13)16-14(19)6-7-15/h2-5H,6,8-11H2,1H3,(H,16,19).